The van der Waals surface area contributed by atoms with Gasteiger partial charge in [0.05, 0.1) is 5.69 Å². The van der Waals surface area contributed by atoms with E-state index >= 15 is 0 Å². The van der Waals surface area contributed by atoms with Gasteiger partial charge in [0.15, 0.2) is 0 Å². The molecule has 2 rings (SSSR count). The van der Waals surface area contributed by atoms with E-state index in [1.807, 2.05) is 18.3 Å². The highest BCUT2D eigenvalue weighted by Gasteiger charge is 2.32. The van der Waals surface area contributed by atoms with E-state index in [0.717, 1.165) is 25.3 Å². The maximum Gasteiger partial charge on any atom is 0.0543 e. The van der Waals surface area contributed by atoms with Crippen LogP contribution < -0.4 is 0 Å². The molecule has 0 unspecified atom stereocenters. The molecule has 1 aromatic heterocycles. The van der Waals surface area contributed by atoms with Crippen LogP contribution in [0.4, 0.5) is 0 Å². The molecule has 19 heavy (non-hydrogen) atoms. The summed E-state index contributed by atoms with van der Waals surface area (Å²) in [6.07, 6.45) is 8.05. The van der Waals surface area contributed by atoms with Crippen LogP contribution in [0.15, 0.2) is 24.4 Å². The molecule has 1 aliphatic carbocycles. The van der Waals surface area contributed by atoms with E-state index in [1.165, 1.54) is 32.1 Å². The Hall–Kier alpha value is -0.930. The zero-order valence-corrected chi connectivity index (χ0v) is 12.0. The molecule has 0 aromatic carbocycles. The van der Waals surface area contributed by atoms with Crippen molar-refractivity contribution in [1.82, 2.24) is 9.88 Å². The van der Waals surface area contributed by atoms with Gasteiger partial charge in [-0.15, -0.1) is 0 Å². The van der Waals surface area contributed by atoms with E-state index in [9.17, 15) is 5.11 Å². The molecule has 3 nitrogen and oxygen atoms in total. The summed E-state index contributed by atoms with van der Waals surface area (Å²) in [6.45, 7) is 5.41. The Kier molecular flexibility index (Phi) is 5.34. The van der Waals surface area contributed by atoms with Crippen molar-refractivity contribution in [2.45, 2.75) is 45.6 Å². The topological polar surface area (TPSA) is 36.4 Å². The second kappa shape index (κ2) is 7.01. The summed E-state index contributed by atoms with van der Waals surface area (Å²) in [6, 6.07) is 6.07. The third kappa shape index (κ3) is 4.02. The van der Waals surface area contributed by atoms with Crippen molar-refractivity contribution in [3.05, 3.63) is 30.1 Å². The normalized spacial score (nSPS) is 18.7. The minimum absolute atomic E-state index is 0.128. The molecule has 1 aliphatic rings. The fraction of sp³-hybridized carbons (Fsp3) is 0.688. The Morgan fingerprint density at radius 2 is 2.05 bits per heavy atom. The van der Waals surface area contributed by atoms with Crippen LogP contribution in [0.3, 0.4) is 0 Å². The number of nitrogens with zero attached hydrogens (tertiary/aromatic N) is 2. The second-order valence-corrected chi connectivity index (χ2v) is 5.84. The molecule has 0 saturated heterocycles. The molecule has 0 radical (unpaired) electrons. The zero-order valence-electron chi connectivity index (χ0n) is 12.0. The first kappa shape index (κ1) is 14.5. The third-order valence-corrected chi connectivity index (χ3v) is 4.37. The van der Waals surface area contributed by atoms with Gasteiger partial charge < -0.3 is 5.11 Å². The van der Waals surface area contributed by atoms with Crippen LogP contribution >= 0.6 is 0 Å². The average molecular weight is 262 g/mol. The molecule has 0 spiro atoms. The van der Waals surface area contributed by atoms with Crippen molar-refractivity contribution in [2.24, 2.45) is 5.41 Å². The van der Waals surface area contributed by atoms with Crippen LogP contribution in [-0.2, 0) is 6.54 Å². The van der Waals surface area contributed by atoms with Gasteiger partial charge in [-0.2, -0.15) is 0 Å². The summed E-state index contributed by atoms with van der Waals surface area (Å²) in [5.74, 6) is 0. The number of hydrogen-bond donors (Lipinski definition) is 1. The molecule has 0 atom stereocenters. The summed E-state index contributed by atoms with van der Waals surface area (Å²) >= 11 is 0. The first-order chi connectivity index (χ1) is 9.28. The standard InChI is InChI=1S/C16H26N2O/c1-2-18(12-15-8-4-7-11-17-15)13-16(14-19)9-5-3-6-10-16/h4,7-8,11,19H,2-3,5-6,9-10,12-14H2,1H3. The minimum atomic E-state index is 0.128. The molecule has 0 amide bonds. The molecule has 1 N–H and O–H groups in total. The summed E-state index contributed by atoms with van der Waals surface area (Å²) in [4.78, 5) is 6.82. The van der Waals surface area contributed by atoms with Crippen molar-refractivity contribution >= 4 is 0 Å². The quantitative estimate of drug-likeness (QED) is 0.856. The lowest BCUT2D eigenvalue weighted by atomic mass is 9.74. The minimum Gasteiger partial charge on any atom is -0.396 e. The molecule has 1 heterocycles. The summed E-state index contributed by atoms with van der Waals surface area (Å²) < 4.78 is 0. The van der Waals surface area contributed by atoms with Crippen LogP contribution in [0.1, 0.15) is 44.7 Å². The maximum absolute atomic E-state index is 9.81. The highest BCUT2D eigenvalue weighted by molar-refractivity contribution is 5.03. The zero-order chi connectivity index (χ0) is 13.6. The third-order valence-electron chi connectivity index (χ3n) is 4.37. The number of aliphatic hydroxyl groups is 1. The van der Waals surface area contributed by atoms with Gasteiger partial charge in [-0.3, -0.25) is 9.88 Å². The Balaban J connectivity index is 1.97. The molecule has 0 bridgehead atoms. The second-order valence-electron chi connectivity index (χ2n) is 5.84. The lowest BCUT2D eigenvalue weighted by molar-refractivity contribution is 0.0391. The van der Waals surface area contributed by atoms with E-state index in [-0.39, 0.29) is 5.41 Å². The van der Waals surface area contributed by atoms with Crippen molar-refractivity contribution in [1.29, 1.82) is 0 Å². The summed E-state index contributed by atoms with van der Waals surface area (Å²) in [5.41, 5.74) is 1.25. The number of aromatic nitrogens is 1. The Labute approximate surface area is 116 Å². The number of pyridine rings is 1. The molecule has 1 fully saturated rings. The Morgan fingerprint density at radius 1 is 1.26 bits per heavy atom. The van der Waals surface area contributed by atoms with Crippen LogP contribution in [0.2, 0.25) is 0 Å². The van der Waals surface area contributed by atoms with Crippen LogP contribution in [0.5, 0.6) is 0 Å². The van der Waals surface area contributed by atoms with Crippen LogP contribution in [0, 0.1) is 5.41 Å². The molecule has 0 aliphatic heterocycles. The fourth-order valence-electron chi connectivity index (χ4n) is 3.14. The van der Waals surface area contributed by atoms with E-state index in [2.05, 4.69) is 22.9 Å². The first-order valence-corrected chi connectivity index (χ1v) is 7.51. The van der Waals surface area contributed by atoms with E-state index < -0.39 is 0 Å². The fourth-order valence-corrected chi connectivity index (χ4v) is 3.14. The predicted octanol–water partition coefficient (Wildman–Crippen LogP) is 2.85. The van der Waals surface area contributed by atoms with E-state index in [4.69, 9.17) is 0 Å². The molecule has 3 heteroatoms. The SMILES string of the molecule is CCN(Cc1ccccn1)CC1(CO)CCCCC1. The van der Waals surface area contributed by atoms with Crippen molar-refractivity contribution < 1.29 is 5.11 Å². The molecular weight excluding hydrogens is 236 g/mol. The number of rotatable bonds is 6. The van der Waals surface area contributed by atoms with Crippen molar-refractivity contribution in [3.8, 4) is 0 Å². The van der Waals surface area contributed by atoms with Gasteiger partial charge in [-0.1, -0.05) is 32.3 Å². The highest BCUT2D eigenvalue weighted by Crippen LogP contribution is 2.36. The lowest BCUT2D eigenvalue weighted by Crippen LogP contribution is -2.41. The van der Waals surface area contributed by atoms with Crippen molar-refractivity contribution in [2.75, 3.05) is 19.7 Å². The van der Waals surface area contributed by atoms with Gasteiger partial charge in [0.1, 0.15) is 0 Å². The van der Waals surface area contributed by atoms with Gasteiger partial charge in [0.2, 0.25) is 0 Å². The summed E-state index contributed by atoms with van der Waals surface area (Å²) in [5, 5.41) is 9.81. The molecule has 106 valence electrons. The Morgan fingerprint density at radius 3 is 2.63 bits per heavy atom. The van der Waals surface area contributed by atoms with Gasteiger partial charge in [-0.05, 0) is 31.5 Å². The van der Waals surface area contributed by atoms with Gasteiger partial charge in [0.25, 0.3) is 0 Å². The average Bonchev–Trinajstić information content (AvgIpc) is 2.48. The van der Waals surface area contributed by atoms with Gasteiger partial charge in [0, 0.05) is 31.3 Å². The van der Waals surface area contributed by atoms with E-state index in [1.54, 1.807) is 0 Å². The van der Waals surface area contributed by atoms with Crippen LogP contribution in [-0.4, -0.2) is 34.7 Å². The summed E-state index contributed by atoms with van der Waals surface area (Å²) in [7, 11) is 0. The first-order valence-electron chi connectivity index (χ1n) is 7.51. The van der Waals surface area contributed by atoms with Gasteiger partial charge in [-0.25, -0.2) is 0 Å². The largest absolute Gasteiger partial charge is 0.396 e. The van der Waals surface area contributed by atoms with Gasteiger partial charge >= 0.3 is 0 Å². The lowest BCUT2D eigenvalue weighted by Gasteiger charge is -2.39. The molecular formula is C16H26N2O. The monoisotopic (exact) mass is 262 g/mol. The number of aliphatic hydroxyl groups excluding tert-OH is 1. The maximum atomic E-state index is 9.81. The van der Waals surface area contributed by atoms with E-state index in [0.29, 0.717) is 6.61 Å². The van der Waals surface area contributed by atoms with Crippen LogP contribution in [0.25, 0.3) is 0 Å². The molecule has 1 aromatic rings. The highest BCUT2D eigenvalue weighted by atomic mass is 16.3. The molecule has 1 saturated carbocycles. The Bertz CT molecular complexity index is 360. The smallest absolute Gasteiger partial charge is 0.0543 e. The predicted molar refractivity (Wildman–Crippen MR) is 77.8 cm³/mol. The number of hydrogen-bond acceptors (Lipinski definition) is 3. The van der Waals surface area contributed by atoms with Crippen molar-refractivity contribution in [3.63, 3.8) is 0 Å².